The van der Waals surface area contributed by atoms with Crippen molar-refractivity contribution in [1.29, 1.82) is 0 Å². The fourth-order valence-electron chi connectivity index (χ4n) is 2.53. The monoisotopic (exact) mass is 336 g/mol. The van der Waals surface area contributed by atoms with Gasteiger partial charge in [0.25, 0.3) is 5.91 Å². The Morgan fingerprint density at radius 2 is 1.92 bits per heavy atom. The van der Waals surface area contributed by atoms with Crippen LogP contribution in [0.3, 0.4) is 0 Å². The SMILES string of the molecule is Cc1cccc(NC(=O)COc2cccc3ccc(NN)nc23)c1C. The number of nitrogens with zero attached hydrogens (tertiary/aromatic N) is 1. The largest absolute Gasteiger partial charge is 0.481 e. The topological polar surface area (TPSA) is 89.3 Å². The maximum atomic E-state index is 12.2. The molecule has 2 aromatic carbocycles. The van der Waals surface area contributed by atoms with E-state index in [9.17, 15) is 4.79 Å². The van der Waals surface area contributed by atoms with Crippen molar-refractivity contribution >= 4 is 28.3 Å². The number of para-hydroxylation sites is 1. The molecule has 1 aromatic heterocycles. The number of pyridine rings is 1. The molecular weight excluding hydrogens is 316 g/mol. The normalized spacial score (nSPS) is 10.5. The molecule has 0 spiro atoms. The standard InChI is InChI=1S/C19H20N4O2/c1-12-5-3-7-15(13(12)2)21-18(24)11-25-16-8-4-6-14-9-10-17(23-20)22-19(14)16/h3-10H,11,20H2,1-2H3,(H,21,24)(H,22,23). The molecule has 1 heterocycles. The second-order valence-electron chi connectivity index (χ2n) is 5.75. The summed E-state index contributed by atoms with van der Waals surface area (Å²) in [6, 6.07) is 15.0. The van der Waals surface area contributed by atoms with Crippen molar-refractivity contribution < 1.29 is 9.53 Å². The van der Waals surface area contributed by atoms with Gasteiger partial charge in [-0.2, -0.15) is 0 Å². The van der Waals surface area contributed by atoms with Gasteiger partial charge < -0.3 is 15.5 Å². The summed E-state index contributed by atoms with van der Waals surface area (Å²) < 4.78 is 5.68. The molecule has 0 fully saturated rings. The lowest BCUT2D eigenvalue weighted by Gasteiger charge is -2.12. The Balaban J connectivity index is 1.74. The maximum absolute atomic E-state index is 12.2. The summed E-state index contributed by atoms with van der Waals surface area (Å²) in [4.78, 5) is 16.6. The molecule has 25 heavy (non-hydrogen) atoms. The Kier molecular flexibility index (Phi) is 4.81. The van der Waals surface area contributed by atoms with Gasteiger partial charge in [-0.25, -0.2) is 10.8 Å². The van der Waals surface area contributed by atoms with Gasteiger partial charge in [0.1, 0.15) is 17.1 Å². The van der Waals surface area contributed by atoms with Gasteiger partial charge in [0, 0.05) is 11.1 Å². The number of rotatable bonds is 5. The lowest BCUT2D eigenvalue weighted by Crippen LogP contribution is -2.21. The van der Waals surface area contributed by atoms with Crippen LogP contribution >= 0.6 is 0 Å². The number of ether oxygens (including phenoxy) is 1. The Bertz CT molecular complexity index is 924. The molecule has 4 N–H and O–H groups in total. The van der Waals surface area contributed by atoms with Crippen LogP contribution in [-0.4, -0.2) is 17.5 Å². The molecule has 128 valence electrons. The lowest BCUT2D eigenvalue weighted by molar-refractivity contribution is -0.118. The number of nitrogens with one attached hydrogen (secondary N) is 2. The second kappa shape index (κ2) is 7.19. The van der Waals surface area contributed by atoms with E-state index in [1.54, 1.807) is 12.1 Å². The van der Waals surface area contributed by atoms with E-state index in [4.69, 9.17) is 10.6 Å². The fourth-order valence-corrected chi connectivity index (χ4v) is 2.53. The van der Waals surface area contributed by atoms with E-state index < -0.39 is 0 Å². The highest BCUT2D eigenvalue weighted by Gasteiger charge is 2.09. The third-order valence-electron chi connectivity index (χ3n) is 4.07. The van der Waals surface area contributed by atoms with Crippen LogP contribution in [0.4, 0.5) is 11.5 Å². The lowest BCUT2D eigenvalue weighted by atomic mass is 10.1. The molecule has 0 unspecified atom stereocenters. The molecule has 0 aliphatic carbocycles. The minimum Gasteiger partial charge on any atom is -0.481 e. The Morgan fingerprint density at radius 3 is 2.72 bits per heavy atom. The van der Waals surface area contributed by atoms with Gasteiger partial charge in [0.15, 0.2) is 6.61 Å². The molecule has 0 saturated heterocycles. The number of anilines is 2. The highest BCUT2D eigenvalue weighted by molar-refractivity contribution is 5.93. The second-order valence-corrected chi connectivity index (χ2v) is 5.75. The van der Waals surface area contributed by atoms with E-state index in [1.165, 1.54) is 0 Å². The van der Waals surface area contributed by atoms with Crippen LogP contribution in [0.15, 0.2) is 48.5 Å². The van der Waals surface area contributed by atoms with Crippen molar-refractivity contribution in [3.8, 4) is 5.75 Å². The van der Waals surface area contributed by atoms with Crippen molar-refractivity contribution in [2.24, 2.45) is 5.84 Å². The van der Waals surface area contributed by atoms with Gasteiger partial charge in [-0.1, -0.05) is 24.3 Å². The number of hydrogen-bond donors (Lipinski definition) is 3. The minimum absolute atomic E-state index is 0.103. The Labute approximate surface area is 146 Å². The summed E-state index contributed by atoms with van der Waals surface area (Å²) in [6.07, 6.45) is 0. The number of nitrogen functional groups attached to an aromatic ring is 1. The van der Waals surface area contributed by atoms with Crippen LogP contribution in [0.5, 0.6) is 5.75 Å². The number of aromatic nitrogens is 1. The molecular formula is C19H20N4O2. The van der Waals surface area contributed by atoms with Crippen LogP contribution in [0.1, 0.15) is 11.1 Å². The number of benzene rings is 2. The third-order valence-corrected chi connectivity index (χ3v) is 4.07. The Hall–Kier alpha value is -3.12. The van der Waals surface area contributed by atoms with Gasteiger partial charge in [0.05, 0.1) is 0 Å². The summed E-state index contributed by atoms with van der Waals surface area (Å²) in [5, 5.41) is 3.78. The summed E-state index contributed by atoms with van der Waals surface area (Å²) in [5.74, 6) is 6.25. The molecule has 0 bridgehead atoms. The van der Waals surface area contributed by atoms with Crippen molar-refractivity contribution in [2.75, 3.05) is 17.3 Å². The van der Waals surface area contributed by atoms with Crippen molar-refractivity contribution in [2.45, 2.75) is 13.8 Å². The number of nitrogens with two attached hydrogens (primary N) is 1. The van der Waals surface area contributed by atoms with E-state index >= 15 is 0 Å². The number of carbonyl (C=O) groups is 1. The minimum atomic E-state index is -0.223. The number of fused-ring (bicyclic) bond motifs is 1. The average molecular weight is 336 g/mol. The first kappa shape index (κ1) is 16.7. The summed E-state index contributed by atoms with van der Waals surface area (Å²) in [7, 11) is 0. The Morgan fingerprint density at radius 1 is 1.12 bits per heavy atom. The van der Waals surface area contributed by atoms with Gasteiger partial charge in [-0.15, -0.1) is 0 Å². The van der Waals surface area contributed by atoms with Crippen molar-refractivity contribution in [1.82, 2.24) is 4.98 Å². The molecule has 0 radical (unpaired) electrons. The summed E-state index contributed by atoms with van der Waals surface area (Å²) in [6.45, 7) is 3.88. The first-order valence-corrected chi connectivity index (χ1v) is 7.94. The molecule has 0 atom stereocenters. The van der Waals surface area contributed by atoms with Crippen LogP contribution in [-0.2, 0) is 4.79 Å². The van der Waals surface area contributed by atoms with Crippen LogP contribution < -0.4 is 21.3 Å². The number of hydrogen-bond acceptors (Lipinski definition) is 5. The molecule has 0 saturated carbocycles. The molecule has 0 aliphatic rings. The maximum Gasteiger partial charge on any atom is 0.262 e. The van der Waals surface area contributed by atoms with Gasteiger partial charge in [-0.05, 0) is 49.2 Å². The quantitative estimate of drug-likeness (QED) is 0.492. The van der Waals surface area contributed by atoms with Gasteiger partial charge in [0.2, 0.25) is 0 Å². The number of carbonyl (C=O) groups excluding carboxylic acids is 1. The predicted octanol–water partition coefficient (Wildman–Crippen LogP) is 3.15. The number of aryl methyl sites for hydroxylation is 1. The van der Waals surface area contributed by atoms with E-state index in [0.717, 1.165) is 22.2 Å². The zero-order valence-electron chi connectivity index (χ0n) is 14.2. The first-order chi connectivity index (χ1) is 12.1. The molecule has 3 rings (SSSR count). The third kappa shape index (κ3) is 3.70. The van der Waals surface area contributed by atoms with Crippen molar-refractivity contribution in [3.63, 3.8) is 0 Å². The number of amides is 1. The highest BCUT2D eigenvalue weighted by Crippen LogP contribution is 2.25. The number of hydrazine groups is 1. The highest BCUT2D eigenvalue weighted by atomic mass is 16.5. The van der Waals surface area contributed by atoms with Gasteiger partial charge in [-0.3, -0.25) is 4.79 Å². The summed E-state index contributed by atoms with van der Waals surface area (Å²) in [5.41, 5.74) is 6.12. The smallest absolute Gasteiger partial charge is 0.262 e. The van der Waals surface area contributed by atoms with Gasteiger partial charge >= 0.3 is 0 Å². The fraction of sp³-hybridized carbons (Fsp3) is 0.158. The average Bonchev–Trinajstić information content (AvgIpc) is 2.63. The van der Waals surface area contributed by atoms with Crippen LogP contribution in [0.2, 0.25) is 0 Å². The summed E-state index contributed by atoms with van der Waals surface area (Å²) >= 11 is 0. The zero-order valence-corrected chi connectivity index (χ0v) is 14.2. The van der Waals surface area contributed by atoms with Crippen molar-refractivity contribution in [3.05, 3.63) is 59.7 Å². The molecule has 3 aromatic rings. The molecule has 1 amide bonds. The zero-order chi connectivity index (χ0) is 17.8. The van der Waals surface area contributed by atoms with E-state index in [1.807, 2.05) is 50.2 Å². The molecule has 6 heteroatoms. The van der Waals surface area contributed by atoms with E-state index in [2.05, 4.69) is 15.7 Å². The van der Waals surface area contributed by atoms with E-state index in [-0.39, 0.29) is 12.5 Å². The van der Waals surface area contributed by atoms with Crippen LogP contribution in [0, 0.1) is 13.8 Å². The molecule has 0 aliphatic heterocycles. The van der Waals surface area contributed by atoms with Crippen LogP contribution in [0.25, 0.3) is 10.9 Å². The van der Waals surface area contributed by atoms with E-state index in [0.29, 0.717) is 17.1 Å². The predicted molar refractivity (Wildman–Crippen MR) is 99.6 cm³/mol. The first-order valence-electron chi connectivity index (χ1n) is 7.94. The molecule has 6 nitrogen and oxygen atoms in total.